The van der Waals surface area contributed by atoms with Crippen LogP contribution in [0.15, 0.2) is 59.1 Å². The fourth-order valence-electron chi connectivity index (χ4n) is 3.65. The van der Waals surface area contributed by atoms with E-state index in [-0.39, 0.29) is 23.6 Å². The van der Waals surface area contributed by atoms with Crippen molar-refractivity contribution in [2.45, 2.75) is 13.0 Å². The zero-order chi connectivity index (χ0) is 23.1. The van der Waals surface area contributed by atoms with Gasteiger partial charge in [0.1, 0.15) is 5.82 Å². The van der Waals surface area contributed by atoms with E-state index < -0.39 is 24.0 Å². The molecule has 0 saturated carbocycles. The molecule has 1 aliphatic rings. The number of carbonyl (C=O) groups is 1. The van der Waals surface area contributed by atoms with Crippen LogP contribution in [0, 0.1) is 17.1 Å². The number of anilines is 1. The third kappa shape index (κ3) is 3.59. The first-order valence-electron chi connectivity index (χ1n) is 9.67. The monoisotopic (exact) mass is 447 g/mol. The van der Waals surface area contributed by atoms with E-state index in [4.69, 9.17) is 4.42 Å². The van der Waals surface area contributed by atoms with Gasteiger partial charge in [-0.1, -0.05) is 12.1 Å². The molecule has 0 atom stereocenters. The lowest BCUT2D eigenvalue weighted by Crippen LogP contribution is -2.23. The molecule has 5 rings (SSSR count). The van der Waals surface area contributed by atoms with Gasteiger partial charge in [-0.2, -0.15) is 14.0 Å². The smallest absolute Gasteiger partial charge is 0.314 e. The minimum absolute atomic E-state index is 0.122. The van der Waals surface area contributed by atoms with Crippen molar-refractivity contribution in [3.63, 3.8) is 0 Å². The topological polar surface area (TPSA) is 95.9 Å². The van der Waals surface area contributed by atoms with Gasteiger partial charge < -0.3 is 9.32 Å². The van der Waals surface area contributed by atoms with Crippen LogP contribution in [0.4, 0.5) is 18.9 Å². The molecule has 0 aliphatic carbocycles. The Morgan fingerprint density at radius 2 is 1.91 bits per heavy atom. The number of hydrogen-bond acceptors (Lipinski definition) is 6. The van der Waals surface area contributed by atoms with Crippen molar-refractivity contribution < 1.29 is 22.4 Å². The highest BCUT2D eigenvalue weighted by molar-refractivity contribution is 6.11. The minimum atomic E-state index is -2.91. The fraction of sp³-hybridized carbons (Fsp3) is 0.0870. The second kappa shape index (κ2) is 7.87. The summed E-state index contributed by atoms with van der Waals surface area (Å²) in [6.45, 7) is 0.122. The number of amides is 1. The minimum Gasteiger partial charge on any atom is -0.415 e. The lowest BCUT2D eigenvalue weighted by molar-refractivity contribution is 0.0996. The van der Waals surface area contributed by atoms with E-state index in [1.165, 1.54) is 35.4 Å². The molecule has 0 fully saturated rings. The van der Waals surface area contributed by atoms with Crippen LogP contribution in [0.25, 0.3) is 22.6 Å². The number of nitriles is 1. The van der Waals surface area contributed by atoms with Gasteiger partial charge in [-0.05, 0) is 42.0 Å². The van der Waals surface area contributed by atoms with Crippen molar-refractivity contribution in [1.29, 1.82) is 5.26 Å². The van der Waals surface area contributed by atoms with Gasteiger partial charge in [0.05, 0.1) is 40.7 Å². The number of benzene rings is 2. The molecule has 0 spiro atoms. The zero-order valence-electron chi connectivity index (χ0n) is 16.7. The summed E-state index contributed by atoms with van der Waals surface area (Å²) in [4.78, 5) is 18.9. The quantitative estimate of drug-likeness (QED) is 0.441. The summed E-state index contributed by atoms with van der Waals surface area (Å²) >= 11 is 0. The normalized spacial score (nSPS) is 12.8. The summed E-state index contributed by atoms with van der Waals surface area (Å²) in [7, 11) is 0. The van der Waals surface area contributed by atoms with E-state index in [0.717, 1.165) is 0 Å². The van der Waals surface area contributed by atoms with E-state index in [0.29, 0.717) is 28.1 Å². The third-order valence-electron chi connectivity index (χ3n) is 5.18. The Balaban J connectivity index is 1.53. The number of hydrogen-bond donors (Lipinski definition) is 0. The molecule has 3 heterocycles. The first-order chi connectivity index (χ1) is 15.9. The average Bonchev–Trinajstić information content (AvgIpc) is 3.44. The van der Waals surface area contributed by atoms with Crippen LogP contribution in [0.3, 0.4) is 0 Å². The van der Waals surface area contributed by atoms with Gasteiger partial charge in [0, 0.05) is 11.8 Å². The van der Waals surface area contributed by atoms with Crippen LogP contribution in [-0.4, -0.2) is 21.1 Å². The largest absolute Gasteiger partial charge is 0.415 e. The van der Waals surface area contributed by atoms with Gasteiger partial charge in [0.15, 0.2) is 0 Å². The molecule has 2 aromatic heterocycles. The Labute approximate surface area is 184 Å². The molecule has 0 unspecified atom stereocenters. The number of pyridine rings is 1. The number of carbonyl (C=O) groups excluding carboxylic acids is 1. The second-order valence-electron chi connectivity index (χ2n) is 7.21. The molecule has 7 nitrogen and oxygen atoms in total. The molecule has 33 heavy (non-hydrogen) atoms. The summed E-state index contributed by atoms with van der Waals surface area (Å²) in [6, 6.07) is 14.2. The predicted octanol–water partition coefficient (Wildman–Crippen LogP) is 4.91. The fourth-order valence-corrected chi connectivity index (χ4v) is 3.65. The summed E-state index contributed by atoms with van der Waals surface area (Å²) in [5.41, 5.74) is 2.77. The predicted molar refractivity (Wildman–Crippen MR) is 110 cm³/mol. The van der Waals surface area contributed by atoms with Crippen molar-refractivity contribution in [3.05, 3.63) is 83.3 Å². The molecule has 1 aliphatic heterocycles. The van der Waals surface area contributed by atoms with Gasteiger partial charge in [-0.3, -0.25) is 9.78 Å². The van der Waals surface area contributed by atoms with Crippen LogP contribution in [-0.2, 0) is 6.54 Å². The number of nitrogens with zero attached hydrogens (tertiary/aromatic N) is 5. The Kier molecular flexibility index (Phi) is 4.86. The maximum atomic E-state index is 14.1. The molecule has 2 aromatic carbocycles. The number of rotatable bonds is 4. The number of fused-ring (bicyclic) bond motifs is 1. The van der Waals surface area contributed by atoms with Crippen LogP contribution >= 0.6 is 0 Å². The van der Waals surface area contributed by atoms with Crippen LogP contribution in [0.1, 0.15) is 33.9 Å². The Bertz CT molecular complexity index is 1440. The second-order valence-corrected chi connectivity index (χ2v) is 7.21. The Morgan fingerprint density at radius 3 is 2.67 bits per heavy atom. The summed E-state index contributed by atoms with van der Waals surface area (Å²) in [5.74, 6) is -1.90. The first-order valence-corrected chi connectivity index (χ1v) is 9.67. The molecular weight excluding hydrogens is 435 g/mol. The maximum Gasteiger partial charge on any atom is 0.314 e. The molecule has 162 valence electrons. The molecule has 0 saturated heterocycles. The number of alkyl halides is 2. The van der Waals surface area contributed by atoms with Gasteiger partial charge in [0.25, 0.3) is 11.8 Å². The van der Waals surface area contributed by atoms with Crippen molar-refractivity contribution in [2.24, 2.45) is 0 Å². The lowest BCUT2D eigenvalue weighted by atomic mass is 10.0. The number of halogens is 3. The van der Waals surface area contributed by atoms with E-state index >= 15 is 0 Å². The molecule has 1 amide bonds. The molecule has 4 aromatic rings. The Hall–Kier alpha value is -4.52. The van der Waals surface area contributed by atoms with Gasteiger partial charge in [-0.25, -0.2) is 4.39 Å². The highest BCUT2D eigenvalue weighted by Crippen LogP contribution is 2.37. The van der Waals surface area contributed by atoms with Crippen LogP contribution < -0.4 is 4.90 Å². The van der Waals surface area contributed by atoms with Crippen LogP contribution in [0.2, 0.25) is 0 Å². The summed E-state index contributed by atoms with van der Waals surface area (Å²) < 4.78 is 44.6. The van der Waals surface area contributed by atoms with Crippen molar-refractivity contribution in [1.82, 2.24) is 15.2 Å². The average molecular weight is 447 g/mol. The third-order valence-corrected chi connectivity index (χ3v) is 5.18. The molecular formula is C23H12F3N5O2. The van der Waals surface area contributed by atoms with E-state index in [9.17, 15) is 23.2 Å². The lowest BCUT2D eigenvalue weighted by Gasteiger charge is -2.20. The van der Waals surface area contributed by atoms with E-state index in [1.807, 2.05) is 6.07 Å². The van der Waals surface area contributed by atoms with Crippen molar-refractivity contribution in [2.75, 3.05) is 4.90 Å². The highest BCUT2D eigenvalue weighted by Gasteiger charge is 2.32. The van der Waals surface area contributed by atoms with Crippen molar-refractivity contribution in [3.8, 4) is 28.7 Å². The molecule has 10 heteroatoms. The van der Waals surface area contributed by atoms with E-state index in [2.05, 4.69) is 15.2 Å². The maximum absolute atomic E-state index is 14.1. The SMILES string of the molecule is N#Cc1cccc(-c2cc(F)ccc2N2Cc3ncc(-c4nnc(C(F)F)o4)cc3C2=O)c1. The first kappa shape index (κ1) is 20.4. The standard InChI is InChI=1S/C23H12F3N5O2/c24-15-4-5-19(16(8-15)13-3-1-2-12(6-13)9-27)31-11-18-17(23(31)32)7-14(10-28-18)21-29-30-22(33-21)20(25)26/h1-8,10,20H,11H2. The van der Waals surface area contributed by atoms with Crippen molar-refractivity contribution >= 4 is 11.6 Å². The van der Waals surface area contributed by atoms with Crippen LogP contribution in [0.5, 0.6) is 0 Å². The Morgan fingerprint density at radius 1 is 1.06 bits per heavy atom. The number of aromatic nitrogens is 3. The van der Waals surface area contributed by atoms with Gasteiger partial charge in [0.2, 0.25) is 5.89 Å². The summed E-state index contributed by atoms with van der Waals surface area (Å²) in [5, 5.41) is 16.1. The van der Waals surface area contributed by atoms with Gasteiger partial charge >= 0.3 is 6.43 Å². The molecule has 0 radical (unpaired) electrons. The summed E-state index contributed by atoms with van der Waals surface area (Å²) in [6.07, 6.45) is -1.55. The highest BCUT2D eigenvalue weighted by atomic mass is 19.3. The molecule has 0 bridgehead atoms. The van der Waals surface area contributed by atoms with Gasteiger partial charge in [-0.15, -0.1) is 10.2 Å². The van der Waals surface area contributed by atoms with E-state index in [1.54, 1.807) is 24.3 Å². The zero-order valence-corrected chi connectivity index (χ0v) is 16.7. The molecule has 0 N–H and O–H groups in total.